The maximum Gasteiger partial charge on any atom is 0.254 e. The number of benzene rings is 1. The molecule has 1 atom stereocenters. The molecule has 1 aliphatic heterocycles. The Morgan fingerprint density at radius 1 is 1.35 bits per heavy atom. The fourth-order valence-electron chi connectivity index (χ4n) is 2.58. The molecule has 3 nitrogen and oxygen atoms in total. The average Bonchev–Trinajstić information content (AvgIpc) is 2.90. The molecule has 2 rings (SSSR count). The first-order valence-electron chi connectivity index (χ1n) is 7.09. The van der Waals surface area contributed by atoms with Crippen molar-refractivity contribution >= 4 is 11.6 Å². The van der Waals surface area contributed by atoms with Crippen molar-refractivity contribution in [2.24, 2.45) is 5.92 Å². The lowest BCUT2D eigenvalue weighted by Gasteiger charge is -2.17. The maximum absolute atomic E-state index is 13.8. The molecule has 110 valence electrons. The Bertz CT molecular complexity index is 482. The van der Waals surface area contributed by atoms with Gasteiger partial charge in [0.15, 0.2) is 0 Å². The molecule has 0 saturated carbocycles. The van der Waals surface area contributed by atoms with Crippen LogP contribution in [-0.2, 0) is 0 Å². The Morgan fingerprint density at radius 3 is 2.50 bits per heavy atom. The van der Waals surface area contributed by atoms with Gasteiger partial charge >= 0.3 is 0 Å². The summed E-state index contributed by atoms with van der Waals surface area (Å²) in [6.07, 6.45) is 1.98. The molecule has 20 heavy (non-hydrogen) atoms. The molecule has 1 N–H and O–H groups in total. The summed E-state index contributed by atoms with van der Waals surface area (Å²) in [4.78, 5) is 13.9. The van der Waals surface area contributed by atoms with Crippen LogP contribution in [0.4, 0.5) is 14.5 Å². The Kier molecular flexibility index (Phi) is 4.57. The number of carbonyl (C=O) groups excluding carboxylic acids is 1. The summed E-state index contributed by atoms with van der Waals surface area (Å²) in [6.45, 7) is 5.60. The van der Waals surface area contributed by atoms with Gasteiger partial charge in [0.2, 0.25) is 0 Å². The van der Waals surface area contributed by atoms with Gasteiger partial charge < -0.3 is 10.2 Å². The molecule has 0 bridgehead atoms. The molecule has 0 spiro atoms. The number of hydrogen-bond donors (Lipinski definition) is 1. The molecule has 5 heteroatoms. The Labute approximate surface area is 118 Å². The summed E-state index contributed by atoms with van der Waals surface area (Å²) < 4.78 is 27.6. The normalized spacial score (nSPS) is 18.4. The SMILES string of the molecule is CCNc1c(F)cc(C(=O)N2CCC(CC)C2)cc1F. The number of nitrogens with one attached hydrogen (secondary N) is 1. The second-order valence-electron chi connectivity index (χ2n) is 5.16. The third-order valence-electron chi connectivity index (χ3n) is 3.79. The summed E-state index contributed by atoms with van der Waals surface area (Å²) in [5, 5.41) is 2.62. The first kappa shape index (κ1) is 14.8. The first-order valence-corrected chi connectivity index (χ1v) is 7.09. The minimum Gasteiger partial charge on any atom is -0.381 e. The average molecular weight is 282 g/mol. The van der Waals surface area contributed by atoms with Gasteiger partial charge in [-0.2, -0.15) is 0 Å². The monoisotopic (exact) mass is 282 g/mol. The largest absolute Gasteiger partial charge is 0.381 e. The molecular formula is C15H20F2N2O. The van der Waals surface area contributed by atoms with E-state index in [2.05, 4.69) is 12.2 Å². The van der Waals surface area contributed by atoms with Crippen molar-refractivity contribution in [1.82, 2.24) is 4.90 Å². The topological polar surface area (TPSA) is 32.3 Å². The summed E-state index contributed by atoms with van der Waals surface area (Å²) in [5.41, 5.74) is -0.0877. The van der Waals surface area contributed by atoms with E-state index in [1.165, 1.54) is 0 Å². The van der Waals surface area contributed by atoms with Crippen LogP contribution in [-0.4, -0.2) is 30.4 Å². The van der Waals surface area contributed by atoms with E-state index in [4.69, 9.17) is 0 Å². The van der Waals surface area contributed by atoms with Crippen molar-refractivity contribution < 1.29 is 13.6 Å². The zero-order valence-electron chi connectivity index (χ0n) is 11.9. The maximum atomic E-state index is 13.8. The molecule has 0 aromatic heterocycles. The molecule has 1 aliphatic rings. The van der Waals surface area contributed by atoms with E-state index < -0.39 is 11.6 Å². The van der Waals surface area contributed by atoms with Crippen LogP contribution in [0.1, 0.15) is 37.0 Å². The highest BCUT2D eigenvalue weighted by Crippen LogP contribution is 2.24. The van der Waals surface area contributed by atoms with Crippen molar-refractivity contribution in [3.8, 4) is 0 Å². The van der Waals surface area contributed by atoms with E-state index in [0.29, 0.717) is 25.6 Å². The number of rotatable bonds is 4. The van der Waals surface area contributed by atoms with Crippen LogP contribution in [0.15, 0.2) is 12.1 Å². The van der Waals surface area contributed by atoms with Gasteiger partial charge in [-0.1, -0.05) is 13.3 Å². The third-order valence-corrected chi connectivity index (χ3v) is 3.79. The molecule has 1 amide bonds. The van der Waals surface area contributed by atoms with Gasteiger partial charge in [0.05, 0.1) is 0 Å². The fourth-order valence-corrected chi connectivity index (χ4v) is 2.58. The van der Waals surface area contributed by atoms with Crippen LogP contribution in [0.3, 0.4) is 0 Å². The number of nitrogens with zero attached hydrogens (tertiary/aromatic N) is 1. The van der Waals surface area contributed by atoms with Crippen LogP contribution in [0.25, 0.3) is 0 Å². The van der Waals surface area contributed by atoms with Crippen molar-refractivity contribution in [2.45, 2.75) is 26.7 Å². The van der Waals surface area contributed by atoms with Crippen molar-refractivity contribution in [3.05, 3.63) is 29.3 Å². The van der Waals surface area contributed by atoms with Crippen LogP contribution in [0.5, 0.6) is 0 Å². The van der Waals surface area contributed by atoms with E-state index in [0.717, 1.165) is 25.0 Å². The van der Waals surface area contributed by atoms with Gasteiger partial charge in [-0.05, 0) is 31.4 Å². The quantitative estimate of drug-likeness (QED) is 0.919. The number of carbonyl (C=O) groups is 1. The van der Waals surface area contributed by atoms with Gasteiger partial charge in [0.25, 0.3) is 5.91 Å². The summed E-state index contributed by atoms with van der Waals surface area (Å²) in [7, 11) is 0. The first-order chi connectivity index (χ1) is 9.56. The highest BCUT2D eigenvalue weighted by atomic mass is 19.1. The molecule has 0 radical (unpaired) electrons. The molecule has 1 saturated heterocycles. The predicted molar refractivity (Wildman–Crippen MR) is 74.8 cm³/mol. The smallest absolute Gasteiger partial charge is 0.254 e. The van der Waals surface area contributed by atoms with Crippen LogP contribution >= 0.6 is 0 Å². The highest BCUT2D eigenvalue weighted by molar-refractivity contribution is 5.94. The number of likely N-dealkylation sites (tertiary alicyclic amines) is 1. The van der Waals surface area contributed by atoms with Crippen molar-refractivity contribution in [1.29, 1.82) is 0 Å². The molecule has 1 unspecified atom stereocenters. The lowest BCUT2D eigenvalue weighted by Crippen LogP contribution is -2.29. The molecule has 1 aromatic carbocycles. The molecule has 1 aromatic rings. The molecule has 0 aliphatic carbocycles. The minimum absolute atomic E-state index is 0.0819. The summed E-state index contributed by atoms with van der Waals surface area (Å²) in [6, 6.07) is 2.23. The highest BCUT2D eigenvalue weighted by Gasteiger charge is 2.27. The van der Waals surface area contributed by atoms with Crippen molar-refractivity contribution in [3.63, 3.8) is 0 Å². The minimum atomic E-state index is -0.721. The number of amides is 1. The molecular weight excluding hydrogens is 262 g/mol. The second kappa shape index (κ2) is 6.20. The lowest BCUT2D eigenvalue weighted by atomic mass is 10.1. The van der Waals surface area contributed by atoms with E-state index in [-0.39, 0.29) is 17.2 Å². The Balaban J connectivity index is 2.19. The van der Waals surface area contributed by atoms with Gasteiger partial charge in [0, 0.05) is 25.2 Å². The van der Waals surface area contributed by atoms with Gasteiger partial charge in [0.1, 0.15) is 17.3 Å². The fraction of sp³-hybridized carbons (Fsp3) is 0.533. The van der Waals surface area contributed by atoms with E-state index in [1.54, 1.807) is 11.8 Å². The van der Waals surface area contributed by atoms with Gasteiger partial charge in [-0.25, -0.2) is 8.78 Å². The zero-order valence-corrected chi connectivity index (χ0v) is 11.9. The van der Waals surface area contributed by atoms with Crippen LogP contribution in [0.2, 0.25) is 0 Å². The van der Waals surface area contributed by atoms with Crippen molar-refractivity contribution in [2.75, 3.05) is 25.0 Å². The lowest BCUT2D eigenvalue weighted by molar-refractivity contribution is 0.0786. The van der Waals surface area contributed by atoms with Gasteiger partial charge in [-0.15, -0.1) is 0 Å². The Hall–Kier alpha value is -1.65. The number of halogens is 2. The van der Waals surface area contributed by atoms with E-state index in [1.807, 2.05) is 0 Å². The Morgan fingerprint density at radius 2 is 2.00 bits per heavy atom. The van der Waals surface area contributed by atoms with Crippen LogP contribution < -0.4 is 5.32 Å². The molecule has 1 heterocycles. The summed E-state index contributed by atoms with van der Waals surface area (Å²) >= 11 is 0. The predicted octanol–water partition coefficient (Wildman–Crippen LogP) is 3.27. The van der Waals surface area contributed by atoms with E-state index >= 15 is 0 Å². The van der Waals surface area contributed by atoms with E-state index in [9.17, 15) is 13.6 Å². The zero-order chi connectivity index (χ0) is 14.7. The standard InChI is InChI=1S/C15H20F2N2O/c1-3-10-5-6-19(9-10)15(20)11-7-12(16)14(18-4-2)13(17)8-11/h7-8,10,18H,3-6,9H2,1-2H3. The second-order valence-corrected chi connectivity index (χ2v) is 5.16. The van der Waals surface area contributed by atoms with Gasteiger partial charge in [-0.3, -0.25) is 4.79 Å². The molecule has 1 fully saturated rings. The summed E-state index contributed by atoms with van der Waals surface area (Å²) in [5.74, 6) is -1.24. The number of anilines is 1. The van der Waals surface area contributed by atoms with Crippen LogP contribution in [0, 0.1) is 17.6 Å². The number of hydrogen-bond acceptors (Lipinski definition) is 2. The third kappa shape index (κ3) is 2.92.